The van der Waals surface area contributed by atoms with Gasteiger partial charge in [0, 0.05) is 18.6 Å². The Balaban J connectivity index is 2.08. The van der Waals surface area contributed by atoms with Gasteiger partial charge in [0.25, 0.3) is 0 Å². The lowest BCUT2D eigenvalue weighted by Crippen LogP contribution is -2.17. The second kappa shape index (κ2) is 6.07. The van der Waals surface area contributed by atoms with Gasteiger partial charge in [0.15, 0.2) is 5.65 Å². The third-order valence-corrected chi connectivity index (χ3v) is 3.34. The molecule has 0 spiro atoms. The molecule has 1 aromatic carbocycles. The number of methoxy groups -OCH3 is 1. The molecule has 2 heterocycles. The Hall–Kier alpha value is -2.98. The SMILES string of the molecule is COc1cc(OC(F)(F)F)ccc1-c1ccc2nnc(C(C)(F)F)n2n1. The van der Waals surface area contributed by atoms with Gasteiger partial charge in [-0.2, -0.15) is 18.4 Å². The van der Waals surface area contributed by atoms with Crippen LogP contribution in [0.2, 0.25) is 0 Å². The molecule has 138 valence electrons. The lowest BCUT2D eigenvalue weighted by Gasteiger charge is -2.13. The molecule has 0 saturated heterocycles. The zero-order valence-electron chi connectivity index (χ0n) is 13.4. The van der Waals surface area contributed by atoms with Crippen LogP contribution >= 0.6 is 0 Å². The summed E-state index contributed by atoms with van der Waals surface area (Å²) in [6.45, 7) is 0.654. The van der Waals surface area contributed by atoms with Crippen LogP contribution in [0.1, 0.15) is 12.7 Å². The molecule has 0 aliphatic heterocycles. The van der Waals surface area contributed by atoms with E-state index in [1.54, 1.807) is 0 Å². The summed E-state index contributed by atoms with van der Waals surface area (Å²) in [5, 5.41) is 11.1. The third kappa shape index (κ3) is 3.51. The Kier molecular flexibility index (Phi) is 4.17. The largest absolute Gasteiger partial charge is 0.573 e. The first-order valence-corrected chi connectivity index (χ1v) is 7.13. The summed E-state index contributed by atoms with van der Waals surface area (Å²) in [6, 6.07) is 6.24. The van der Waals surface area contributed by atoms with E-state index in [1.165, 1.54) is 25.3 Å². The molecule has 0 aliphatic rings. The maximum absolute atomic E-state index is 13.6. The fourth-order valence-corrected chi connectivity index (χ4v) is 2.29. The summed E-state index contributed by atoms with van der Waals surface area (Å²) in [6.07, 6.45) is -4.85. The fraction of sp³-hybridized carbons (Fsp3) is 0.267. The topological polar surface area (TPSA) is 61.5 Å². The summed E-state index contributed by atoms with van der Waals surface area (Å²) in [4.78, 5) is 0. The van der Waals surface area contributed by atoms with Crippen LogP contribution in [-0.4, -0.2) is 33.3 Å². The van der Waals surface area contributed by atoms with Gasteiger partial charge < -0.3 is 9.47 Å². The summed E-state index contributed by atoms with van der Waals surface area (Å²) >= 11 is 0. The zero-order valence-corrected chi connectivity index (χ0v) is 13.4. The minimum absolute atomic E-state index is 0.0245. The van der Waals surface area contributed by atoms with Crippen LogP contribution in [0.25, 0.3) is 16.9 Å². The summed E-state index contributed by atoms with van der Waals surface area (Å²) in [5.41, 5.74) is 0.558. The number of halogens is 5. The van der Waals surface area contributed by atoms with Crippen LogP contribution in [-0.2, 0) is 5.92 Å². The van der Waals surface area contributed by atoms with Crippen molar-refractivity contribution in [3.05, 3.63) is 36.2 Å². The number of hydrogen-bond donors (Lipinski definition) is 0. The van der Waals surface area contributed by atoms with Crippen molar-refractivity contribution >= 4 is 5.65 Å². The minimum atomic E-state index is -4.85. The van der Waals surface area contributed by atoms with Crippen molar-refractivity contribution in [1.82, 2.24) is 19.8 Å². The van der Waals surface area contributed by atoms with Gasteiger partial charge in [0.1, 0.15) is 11.5 Å². The first kappa shape index (κ1) is 17.8. The Morgan fingerprint density at radius 3 is 2.35 bits per heavy atom. The predicted molar refractivity (Wildman–Crippen MR) is 79.0 cm³/mol. The van der Waals surface area contributed by atoms with Crippen LogP contribution in [0, 0.1) is 0 Å². The molecule has 0 atom stereocenters. The van der Waals surface area contributed by atoms with Gasteiger partial charge in [-0.15, -0.1) is 23.4 Å². The number of aromatic nitrogens is 4. The van der Waals surface area contributed by atoms with Crippen molar-refractivity contribution in [2.45, 2.75) is 19.2 Å². The maximum Gasteiger partial charge on any atom is 0.573 e. The quantitative estimate of drug-likeness (QED) is 0.650. The average Bonchev–Trinajstić information content (AvgIpc) is 2.96. The van der Waals surface area contributed by atoms with E-state index < -0.39 is 23.9 Å². The number of alkyl halides is 5. The van der Waals surface area contributed by atoms with Gasteiger partial charge >= 0.3 is 12.3 Å². The lowest BCUT2D eigenvalue weighted by molar-refractivity contribution is -0.274. The van der Waals surface area contributed by atoms with E-state index in [1.807, 2.05) is 0 Å². The van der Waals surface area contributed by atoms with Crippen LogP contribution in [0.5, 0.6) is 11.5 Å². The van der Waals surface area contributed by atoms with Gasteiger partial charge in [0.2, 0.25) is 5.82 Å². The van der Waals surface area contributed by atoms with E-state index in [-0.39, 0.29) is 22.7 Å². The van der Waals surface area contributed by atoms with Gasteiger partial charge in [-0.05, 0) is 24.3 Å². The number of nitrogens with zero attached hydrogens (tertiary/aromatic N) is 4. The fourth-order valence-electron chi connectivity index (χ4n) is 2.29. The molecule has 0 amide bonds. The highest BCUT2D eigenvalue weighted by atomic mass is 19.4. The second-order valence-electron chi connectivity index (χ2n) is 5.31. The molecule has 26 heavy (non-hydrogen) atoms. The van der Waals surface area contributed by atoms with Crippen molar-refractivity contribution in [2.24, 2.45) is 0 Å². The van der Waals surface area contributed by atoms with Gasteiger partial charge in [-0.3, -0.25) is 0 Å². The summed E-state index contributed by atoms with van der Waals surface area (Å²) in [5.74, 6) is -4.40. The molecule has 0 bridgehead atoms. The van der Waals surface area contributed by atoms with E-state index in [0.717, 1.165) is 16.6 Å². The number of hydrogen-bond acceptors (Lipinski definition) is 5. The predicted octanol–water partition coefficient (Wildman–Crippen LogP) is 3.81. The molecule has 6 nitrogen and oxygen atoms in total. The van der Waals surface area contributed by atoms with Crippen LogP contribution in [0.3, 0.4) is 0 Å². The highest BCUT2D eigenvalue weighted by molar-refractivity contribution is 5.69. The summed E-state index contributed by atoms with van der Waals surface area (Å²) < 4.78 is 74.0. The molecular formula is C15H11F5N4O2. The molecule has 0 aliphatic carbocycles. The molecule has 11 heteroatoms. The highest BCUT2D eigenvalue weighted by Gasteiger charge is 2.32. The van der Waals surface area contributed by atoms with Crippen molar-refractivity contribution in [3.63, 3.8) is 0 Å². The normalized spacial score (nSPS) is 12.4. The van der Waals surface area contributed by atoms with Crippen molar-refractivity contribution in [2.75, 3.05) is 7.11 Å². The molecule has 0 saturated carbocycles. The van der Waals surface area contributed by atoms with E-state index >= 15 is 0 Å². The first-order valence-electron chi connectivity index (χ1n) is 7.13. The number of rotatable bonds is 4. The number of fused-ring (bicyclic) bond motifs is 1. The van der Waals surface area contributed by atoms with Gasteiger partial charge in [-0.25, -0.2) is 0 Å². The van der Waals surface area contributed by atoms with Crippen LogP contribution in [0.15, 0.2) is 30.3 Å². The van der Waals surface area contributed by atoms with Crippen molar-refractivity contribution in [3.8, 4) is 22.8 Å². The summed E-state index contributed by atoms with van der Waals surface area (Å²) in [7, 11) is 1.25. The zero-order chi connectivity index (χ0) is 19.1. The second-order valence-corrected chi connectivity index (χ2v) is 5.31. The smallest absolute Gasteiger partial charge is 0.496 e. The first-order chi connectivity index (χ1) is 12.1. The molecule has 0 N–H and O–H groups in total. The van der Waals surface area contributed by atoms with Crippen LogP contribution < -0.4 is 9.47 Å². The van der Waals surface area contributed by atoms with Crippen LogP contribution in [0.4, 0.5) is 22.0 Å². The molecule has 0 radical (unpaired) electrons. The Labute approximate surface area is 143 Å². The molecule has 3 rings (SSSR count). The molecule has 0 fully saturated rings. The molecule has 3 aromatic rings. The highest BCUT2D eigenvalue weighted by Crippen LogP contribution is 2.34. The van der Waals surface area contributed by atoms with Crippen molar-refractivity contribution < 1.29 is 31.4 Å². The maximum atomic E-state index is 13.6. The van der Waals surface area contributed by atoms with E-state index in [4.69, 9.17) is 4.74 Å². The lowest BCUT2D eigenvalue weighted by atomic mass is 10.1. The number of ether oxygens (including phenoxy) is 2. The Morgan fingerprint density at radius 1 is 1.00 bits per heavy atom. The average molecular weight is 374 g/mol. The van der Waals surface area contributed by atoms with E-state index in [2.05, 4.69) is 20.0 Å². The molecular weight excluding hydrogens is 363 g/mol. The van der Waals surface area contributed by atoms with Gasteiger partial charge in [-0.1, -0.05) is 0 Å². The third-order valence-electron chi connectivity index (χ3n) is 3.34. The Bertz CT molecular complexity index is 949. The number of benzene rings is 1. The van der Waals surface area contributed by atoms with Crippen molar-refractivity contribution in [1.29, 1.82) is 0 Å². The minimum Gasteiger partial charge on any atom is -0.496 e. The van der Waals surface area contributed by atoms with Gasteiger partial charge in [0.05, 0.1) is 12.8 Å². The standard InChI is InChI=1S/C15H11F5N4O2/c1-14(16,17)13-22-21-12-6-5-10(23-24(12)13)9-4-3-8(7-11(9)25-2)26-15(18,19)20/h3-7H,1-2H3. The molecule has 2 aromatic heterocycles. The monoisotopic (exact) mass is 374 g/mol. The Morgan fingerprint density at radius 2 is 1.73 bits per heavy atom. The van der Waals surface area contributed by atoms with E-state index in [9.17, 15) is 22.0 Å². The van der Waals surface area contributed by atoms with E-state index in [0.29, 0.717) is 6.92 Å². The molecule has 0 unspecified atom stereocenters.